The van der Waals surface area contributed by atoms with Crippen molar-refractivity contribution >= 4 is 18.1 Å². The standard InChI is InChI=1S/C7H9N5O/c1-5(13)9-7-11-10-6-3-2-4-8-12(6)7/h4H,2-3H2,1H3,(H,9,11,13). The van der Waals surface area contributed by atoms with Gasteiger partial charge >= 0.3 is 0 Å². The van der Waals surface area contributed by atoms with Crippen LogP contribution >= 0.6 is 0 Å². The lowest BCUT2D eigenvalue weighted by atomic mass is 10.3. The lowest BCUT2D eigenvalue weighted by Crippen LogP contribution is -2.13. The molecule has 0 aliphatic carbocycles. The maximum Gasteiger partial charge on any atom is 0.252 e. The van der Waals surface area contributed by atoms with E-state index in [1.54, 1.807) is 10.9 Å². The van der Waals surface area contributed by atoms with Crippen LogP contribution in [0.5, 0.6) is 0 Å². The van der Waals surface area contributed by atoms with Gasteiger partial charge in [0.1, 0.15) is 0 Å². The molecule has 1 aromatic rings. The van der Waals surface area contributed by atoms with Crippen LogP contribution in [0.4, 0.5) is 5.95 Å². The number of amides is 1. The Hall–Kier alpha value is -1.72. The van der Waals surface area contributed by atoms with Crippen molar-refractivity contribution in [2.45, 2.75) is 19.8 Å². The molecule has 6 heteroatoms. The molecular weight excluding hydrogens is 170 g/mol. The van der Waals surface area contributed by atoms with Crippen LogP contribution in [0.15, 0.2) is 5.10 Å². The van der Waals surface area contributed by atoms with Gasteiger partial charge in [-0.05, 0) is 6.42 Å². The van der Waals surface area contributed by atoms with E-state index in [0.29, 0.717) is 5.95 Å². The number of nitrogens with zero attached hydrogens (tertiary/aromatic N) is 4. The van der Waals surface area contributed by atoms with Crippen molar-refractivity contribution in [1.29, 1.82) is 0 Å². The number of nitrogens with one attached hydrogen (secondary N) is 1. The van der Waals surface area contributed by atoms with Crippen molar-refractivity contribution in [3.05, 3.63) is 5.82 Å². The van der Waals surface area contributed by atoms with Gasteiger partial charge in [-0.1, -0.05) is 0 Å². The monoisotopic (exact) mass is 179 g/mol. The maximum absolute atomic E-state index is 10.8. The zero-order valence-corrected chi connectivity index (χ0v) is 7.19. The summed E-state index contributed by atoms with van der Waals surface area (Å²) < 4.78 is 1.55. The average molecular weight is 179 g/mol. The molecule has 0 fully saturated rings. The molecule has 0 atom stereocenters. The second kappa shape index (κ2) is 2.96. The van der Waals surface area contributed by atoms with Crippen molar-refractivity contribution in [3.8, 4) is 0 Å². The summed E-state index contributed by atoms with van der Waals surface area (Å²) in [4.78, 5) is 10.8. The molecule has 68 valence electrons. The van der Waals surface area contributed by atoms with E-state index in [1.807, 2.05) is 0 Å². The van der Waals surface area contributed by atoms with Crippen LogP contribution in [0.1, 0.15) is 19.2 Å². The summed E-state index contributed by atoms with van der Waals surface area (Å²) in [6.07, 6.45) is 3.47. The van der Waals surface area contributed by atoms with E-state index < -0.39 is 0 Å². The Labute approximate surface area is 74.7 Å². The highest BCUT2D eigenvalue weighted by Crippen LogP contribution is 2.11. The van der Waals surface area contributed by atoms with E-state index in [1.165, 1.54) is 6.92 Å². The third-order valence-corrected chi connectivity index (χ3v) is 1.69. The highest BCUT2D eigenvalue weighted by Gasteiger charge is 2.13. The van der Waals surface area contributed by atoms with E-state index in [9.17, 15) is 4.79 Å². The molecule has 0 radical (unpaired) electrons. The summed E-state index contributed by atoms with van der Waals surface area (Å²) in [7, 11) is 0. The first-order chi connectivity index (χ1) is 6.27. The summed E-state index contributed by atoms with van der Waals surface area (Å²) in [5, 5.41) is 14.3. The van der Waals surface area contributed by atoms with Crippen molar-refractivity contribution in [3.63, 3.8) is 0 Å². The van der Waals surface area contributed by atoms with E-state index in [4.69, 9.17) is 0 Å². The number of aryl methyl sites for hydroxylation is 1. The molecule has 0 unspecified atom stereocenters. The molecule has 1 amide bonds. The van der Waals surface area contributed by atoms with E-state index in [-0.39, 0.29) is 5.91 Å². The summed E-state index contributed by atoms with van der Waals surface area (Å²) in [5.41, 5.74) is 0. The SMILES string of the molecule is CC(=O)Nc1nnc2n1N=CCC2. The Morgan fingerprint density at radius 3 is 3.23 bits per heavy atom. The maximum atomic E-state index is 10.8. The molecule has 1 N–H and O–H groups in total. The van der Waals surface area contributed by atoms with Gasteiger partial charge < -0.3 is 0 Å². The molecular formula is C7H9N5O. The van der Waals surface area contributed by atoms with Crippen LogP contribution < -0.4 is 5.32 Å². The normalized spacial score (nSPS) is 13.9. The van der Waals surface area contributed by atoms with Gasteiger partial charge in [-0.25, -0.2) is 0 Å². The van der Waals surface area contributed by atoms with E-state index >= 15 is 0 Å². The lowest BCUT2D eigenvalue weighted by molar-refractivity contribution is -0.114. The van der Waals surface area contributed by atoms with E-state index in [0.717, 1.165) is 18.7 Å². The fraction of sp³-hybridized carbons (Fsp3) is 0.429. The number of carbonyl (C=O) groups is 1. The molecule has 1 aliphatic heterocycles. The fourth-order valence-corrected chi connectivity index (χ4v) is 1.16. The van der Waals surface area contributed by atoms with Crippen LogP contribution in [0.3, 0.4) is 0 Å². The largest absolute Gasteiger partial charge is 0.293 e. The van der Waals surface area contributed by atoms with Crippen molar-refractivity contribution in [1.82, 2.24) is 14.9 Å². The predicted molar refractivity (Wildman–Crippen MR) is 46.5 cm³/mol. The molecule has 1 aliphatic rings. The van der Waals surface area contributed by atoms with Gasteiger partial charge in [0.25, 0.3) is 5.95 Å². The quantitative estimate of drug-likeness (QED) is 0.660. The topological polar surface area (TPSA) is 72.2 Å². The molecule has 1 aromatic heterocycles. The van der Waals surface area contributed by atoms with Crippen LogP contribution in [0.2, 0.25) is 0 Å². The number of hydrogen-bond acceptors (Lipinski definition) is 4. The van der Waals surface area contributed by atoms with Gasteiger partial charge in [-0.2, -0.15) is 9.78 Å². The Morgan fingerprint density at radius 1 is 1.62 bits per heavy atom. The zero-order valence-electron chi connectivity index (χ0n) is 7.19. The predicted octanol–water partition coefficient (Wildman–Crippen LogP) is 0.0166. The van der Waals surface area contributed by atoms with Crippen molar-refractivity contribution in [2.24, 2.45) is 5.10 Å². The second-order valence-electron chi connectivity index (χ2n) is 2.77. The van der Waals surface area contributed by atoms with Crippen LogP contribution in [-0.2, 0) is 11.2 Å². The Morgan fingerprint density at radius 2 is 2.46 bits per heavy atom. The minimum absolute atomic E-state index is 0.170. The number of anilines is 1. The highest BCUT2D eigenvalue weighted by molar-refractivity contribution is 5.86. The smallest absolute Gasteiger partial charge is 0.252 e. The molecule has 6 nitrogen and oxygen atoms in total. The number of carbonyl (C=O) groups excluding carboxylic acids is 1. The van der Waals surface area contributed by atoms with Crippen molar-refractivity contribution < 1.29 is 4.79 Å². The molecule has 0 aromatic carbocycles. The Bertz CT molecular complexity index is 367. The molecule has 2 heterocycles. The molecule has 0 saturated heterocycles. The zero-order chi connectivity index (χ0) is 9.26. The van der Waals surface area contributed by atoms with Gasteiger partial charge in [-0.15, -0.1) is 10.2 Å². The summed E-state index contributed by atoms with van der Waals surface area (Å²) in [5.74, 6) is 1.00. The average Bonchev–Trinajstić information content (AvgIpc) is 2.48. The first-order valence-corrected chi connectivity index (χ1v) is 4.02. The van der Waals surface area contributed by atoms with Crippen molar-refractivity contribution in [2.75, 3.05) is 5.32 Å². The number of rotatable bonds is 1. The molecule has 0 saturated carbocycles. The van der Waals surface area contributed by atoms with Gasteiger partial charge in [-0.3, -0.25) is 10.1 Å². The van der Waals surface area contributed by atoms with Crippen LogP contribution in [0, 0.1) is 0 Å². The lowest BCUT2D eigenvalue weighted by Gasteiger charge is -2.06. The summed E-state index contributed by atoms with van der Waals surface area (Å²) in [6, 6.07) is 0. The van der Waals surface area contributed by atoms with Crippen LogP contribution in [-0.4, -0.2) is 27.0 Å². The van der Waals surface area contributed by atoms with Gasteiger partial charge in [0.05, 0.1) is 0 Å². The Balaban J connectivity index is 2.33. The summed E-state index contributed by atoms with van der Waals surface area (Å²) in [6.45, 7) is 1.42. The summed E-state index contributed by atoms with van der Waals surface area (Å²) >= 11 is 0. The number of aromatic nitrogens is 3. The second-order valence-corrected chi connectivity index (χ2v) is 2.77. The first-order valence-electron chi connectivity index (χ1n) is 4.02. The number of fused-ring (bicyclic) bond motifs is 1. The van der Waals surface area contributed by atoms with Gasteiger partial charge in [0.15, 0.2) is 5.82 Å². The van der Waals surface area contributed by atoms with Crippen LogP contribution in [0.25, 0.3) is 0 Å². The van der Waals surface area contributed by atoms with Gasteiger partial charge in [0.2, 0.25) is 5.91 Å². The first kappa shape index (κ1) is 7.90. The Kier molecular flexibility index (Phi) is 1.80. The van der Waals surface area contributed by atoms with E-state index in [2.05, 4.69) is 20.6 Å². The molecule has 2 rings (SSSR count). The minimum atomic E-state index is -0.170. The molecule has 0 spiro atoms. The minimum Gasteiger partial charge on any atom is -0.293 e. The highest BCUT2D eigenvalue weighted by atomic mass is 16.1. The third-order valence-electron chi connectivity index (χ3n) is 1.69. The third kappa shape index (κ3) is 1.42. The fourth-order valence-electron chi connectivity index (χ4n) is 1.16. The molecule has 13 heavy (non-hydrogen) atoms. The number of hydrogen-bond donors (Lipinski definition) is 1. The molecule has 0 bridgehead atoms. The van der Waals surface area contributed by atoms with Gasteiger partial charge in [0, 0.05) is 19.6 Å².